The molecule has 2 amide bonds. The monoisotopic (exact) mass is 403 g/mol. The molecule has 0 bridgehead atoms. The van der Waals surface area contributed by atoms with E-state index in [1.54, 1.807) is 0 Å². The van der Waals surface area contributed by atoms with Crippen LogP contribution in [0.2, 0.25) is 0 Å². The molecule has 140 valence electrons. The van der Waals surface area contributed by atoms with E-state index in [0.717, 1.165) is 34.7 Å². The molecule has 27 heavy (non-hydrogen) atoms. The van der Waals surface area contributed by atoms with Crippen molar-refractivity contribution in [3.63, 3.8) is 0 Å². The summed E-state index contributed by atoms with van der Waals surface area (Å²) < 4.78 is 0.820. The maximum absolute atomic E-state index is 12.3. The van der Waals surface area contributed by atoms with Crippen LogP contribution in [0.25, 0.3) is 10.2 Å². The predicted molar refractivity (Wildman–Crippen MR) is 106 cm³/mol. The van der Waals surface area contributed by atoms with Crippen LogP contribution in [-0.2, 0) is 4.79 Å². The standard InChI is InChI=1S/C18H17N3O4S2/c1-9(10-5-3-2-4-6-10)20-13(24)8-26-18-14(17(19)25)15-16(27-18)11(22)7-12(23)21-15/h2-7,9H,8H2,1H3,(H2,19,25)(H,20,24)(H2,21,22,23). The Morgan fingerprint density at radius 2 is 2.04 bits per heavy atom. The lowest BCUT2D eigenvalue weighted by molar-refractivity contribution is -0.119. The minimum atomic E-state index is -0.733. The number of pyridine rings is 1. The lowest BCUT2D eigenvalue weighted by Gasteiger charge is -2.14. The SMILES string of the molecule is CC(NC(=O)CSc1sc2c(O)cc(=O)[nH]c2c1C(N)=O)c1ccccc1. The van der Waals surface area contributed by atoms with Crippen LogP contribution < -0.4 is 16.6 Å². The van der Waals surface area contributed by atoms with Crippen molar-refractivity contribution in [2.24, 2.45) is 5.73 Å². The maximum atomic E-state index is 12.3. The number of aromatic hydroxyl groups is 1. The Hall–Kier alpha value is -2.78. The van der Waals surface area contributed by atoms with Crippen molar-refractivity contribution in [1.29, 1.82) is 0 Å². The van der Waals surface area contributed by atoms with E-state index in [1.165, 1.54) is 0 Å². The van der Waals surface area contributed by atoms with Gasteiger partial charge in [0.1, 0.15) is 5.75 Å². The highest BCUT2D eigenvalue weighted by atomic mass is 32.2. The number of rotatable bonds is 6. The average molecular weight is 403 g/mol. The summed E-state index contributed by atoms with van der Waals surface area (Å²) in [5.74, 6) is -1.10. The molecule has 5 N–H and O–H groups in total. The number of hydrogen-bond donors (Lipinski definition) is 4. The molecule has 0 fully saturated rings. The van der Waals surface area contributed by atoms with Crippen LogP contribution in [0.3, 0.4) is 0 Å². The molecule has 0 spiro atoms. The number of thiophene rings is 1. The van der Waals surface area contributed by atoms with E-state index in [0.29, 0.717) is 8.91 Å². The van der Waals surface area contributed by atoms with Gasteiger partial charge in [-0.1, -0.05) is 30.3 Å². The highest BCUT2D eigenvalue weighted by molar-refractivity contribution is 8.02. The largest absolute Gasteiger partial charge is 0.506 e. The minimum absolute atomic E-state index is 0.0648. The van der Waals surface area contributed by atoms with Gasteiger partial charge in [-0.2, -0.15) is 0 Å². The molecular weight excluding hydrogens is 386 g/mol. The Morgan fingerprint density at radius 1 is 1.33 bits per heavy atom. The Kier molecular flexibility index (Phi) is 5.52. The van der Waals surface area contributed by atoms with Crippen molar-refractivity contribution in [3.05, 3.63) is 57.9 Å². The molecule has 1 aromatic carbocycles. The zero-order valence-corrected chi connectivity index (χ0v) is 15.9. The molecule has 0 radical (unpaired) electrons. The van der Waals surface area contributed by atoms with Crippen molar-refractivity contribution in [3.8, 4) is 5.75 Å². The number of aromatic amines is 1. The Labute approximate surface area is 162 Å². The van der Waals surface area contributed by atoms with Crippen molar-refractivity contribution in [1.82, 2.24) is 10.3 Å². The Bertz CT molecular complexity index is 1060. The highest BCUT2D eigenvalue weighted by Gasteiger charge is 2.21. The normalized spacial score (nSPS) is 12.0. The van der Waals surface area contributed by atoms with Gasteiger partial charge in [-0.05, 0) is 12.5 Å². The molecular formula is C18H17N3O4S2. The summed E-state index contributed by atoms with van der Waals surface area (Å²) in [5, 5.41) is 12.8. The zero-order valence-electron chi connectivity index (χ0n) is 14.3. The number of nitrogens with two attached hydrogens (primary N) is 1. The van der Waals surface area contributed by atoms with E-state index in [1.807, 2.05) is 37.3 Å². The van der Waals surface area contributed by atoms with Gasteiger partial charge < -0.3 is 21.1 Å². The molecule has 1 unspecified atom stereocenters. The van der Waals surface area contributed by atoms with Gasteiger partial charge in [-0.15, -0.1) is 23.1 Å². The molecule has 3 aromatic rings. The van der Waals surface area contributed by atoms with Crippen LogP contribution in [0, 0.1) is 0 Å². The van der Waals surface area contributed by atoms with Crippen molar-refractivity contribution in [2.45, 2.75) is 17.2 Å². The number of primary amides is 1. The number of hydrogen-bond acceptors (Lipinski definition) is 6. The molecule has 0 aliphatic rings. The summed E-state index contributed by atoms with van der Waals surface area (Å²) in [6.07, 6.45) is 0. The topological polar surface area (TPSA) is 125 Å². The number of carbonyl (C=O) groups is 2. The van der Waals surface area contributed by atoms with E-state index in [-0.39, 0.29) is 34.5 Å². The maximum Gasteiger partial charge on any atom is 0.252 e. The summed E-state index contributed by atoms with van der Waals surface area (Å²) in [6.45, 7) is 1.88. The third kappa shape index (κ3) is 4.15. The number of fused-ring (bicyclic) bond motifs is 1. The van der Waals surface area contributed by atoms with Crippen LogP contribution in [0.5, 0.6) is 5.75 Å². The minimum Gasteiger partial charge on any atom is -0.506 e. The molecule has 0 saturated heterocycles. The highest BCUT2D eigenvalue weighted by Crippen LogP contribution is 2.40. The zero-order chi connectivity index (χ0) is 19.6. The van der Waals surface area contributed by atoms with E-state index in [4.69, 9.17) is 5.73 Å². The number of H-pyrrole nitrogens is 1. The molecule has 1 atom stereocenters. The van der Waals surface area contributed by atoms with Crippen LogP contribution in [0.1, 0.15) is 28.9 Å². The summed E-state index contributed by atoms with van der Waals surface area (Å²) in [4.78, 5) is 38.2. The van der Waals surface area contributed by atoms with Gasteiger partial charge in [-0.25, -0.2) is 0 Å². The summed E-state index contributed by atoms with van der Waals surface area (Å²) in [6, 6.07) is 10.4. The number of benzene rings is 1. The number of aromatic nitrogens is 1. The first kappa shape index (κ1) is 19.0. The number of thioether (sulfide) groups is 1. The molecule has 9 heteroatoms. The van der Waals surface area contributed by atoms with Gasteiger partial charge in [0.15, 0.2) is 0 Å². The van der Waals surface area contributed by atoms with Crippen LogP contribution >= 0.6 is 23.1 Å². The fourth-order valence-electron chi connectivity index (χ4n) is 2.62. The lowest BCUT2D eigenvalue weighted by atomic mass is 10.1. The fraction of sp³-hybridized carbons (Fsp3) is 0.167. The van der Waals surface area contributed by atoms with Gasteiger partial charge in [0.25, 0.3) is 11.5 Å². The summed E-state index contributed by atoms with van der Waals surface area (Å²) in [7, 11) is 0. The van der Waals surface area contributed by atoms with Gasteiger partial charge in [0.05, 0.1) is 31.8 Å². The first-order valence-electron chi connectivity index (χ1n) is 8.02. The van der Waals surface area contributed by atoms with Gasteiger partial charge in [0, 0.05) is 6.07 Å². The summed E-state index contributed by atoms with van der Waals surface area (Å²) >= 11 is 2.24. The Balaban J connectivity index is 1.77. The molecule has 2 aromatic heterocycles. The average Bonchev–Trinajstić information content (AvgIpc) is 2.99. The van der Waals surface area contributed by atoms with Crippen molar-refractivity contribution in [2.75, 3.05) is 5.75 Å². The first-order chi connectivity index (χ1) is 12.9. The summed E-state index contributed by atoms with van der Waals surface area (Å²) in [5.41, 5.74) is 6.19. The molecule has 7 nitrogen and oxygen atoms in total. The van der Waals surface area contributed by atoms with E-state index < -0.39 is 11.5 Å². The van der Waals surface area contributed by atoms with Crippen LogP contribution in [0.15, 0.2) is 45.4 Å². The smallest absolute Gasteiger partial charge is 0.252 e. The van der Waals surface area contributed by atoms with E-state index >= 15 is 0 Å². The number of nitrogens with one attached hydrogen (secondary N) is 2. The third-order valence-electron chi connectivity index (χ3n) is 3.88. The fourth-order valence-corrected chi connectivity index (χ4v) is 4.89. The second-order valence-electron chi connectivity index (χ2n) is 5.84. The second-order valence-corrected chi connectivity index (χ2v) is 8.10. The predicted octanol–water partition coefficient (Wildman–Crippen LogP) is 2.36. The second kappa shape index (κ2) is 7.85. The quantitative estimate of drug-likeness (QED) is 0.470. The number of amides is 2. The van der Waals surface area contributed by atoms with E-state index in [2.05, 4.69) is 10.3 Å². The van der Waals surface area contributed by atoms with Crippen molar-refractivity contribution >= 4 is 45.1 Å². The molecule has 0 aliphatic heterocycles. The molecule has 0 saturated carbocycles. The van der Waals surface area contributed by atoms with Crippen LogP contribution in [-0.4, -0.2) is 27.7 Å². The van der Waals surface area contributed by atoms with Crippen LogP contribution in [0.4, 0.5) is 0 Å². The lowest BCUT2D eigenvalue weighted by Crippen LogP contribution is -2.28. The van der Waals surface area contributed by atoms with Gasteiger partial charge in [-0.3, -0.25) is 14.4 Å². The molecule has 2 heterocycles. The van der Waals surface area contributed by atoms with Crippen molar-refractivity contribution < 1.29 is 14.7 Å². The third-order valence-corrected chi connectivity index (χ3v) is 6.37. The number of carbonyl (C=O) groups excluding carboxylic acids is 2. The van der Waals surface area contributed by atoms with Gasteiger partial charge in [0.2, 0.25) is 5.91 Å². The molecule has 0 aliphatic carbocycles. The van der Waals surface area contributed by atoms with Gasteiger partial charge >= 0.3 is 0 Å². The first-order valence-corrected chi connectivity index (χ1v) is 9.82. The van der Waals surface area contributed by atoms with E-state index in [9.17, 15) is 19.5 Å². The molecule has 3 rings (SSSR count). The Morgan fingerprint density at radius 3 is 2.70 bits per heavy atom.